The molecular formula is C14H21NO4. The minimum Gasteiger partial charge on any atom is -0.497 e. The summed E-state index contributed by atoms with van der Waals surface area (Å²) in [4.78, 5) is 11.0. The largest absolute Gasteiger partial charge is 0.497 e. The Morgan fingerprint density at radius 2 is 2.16 bits per heavy atom. The molecule has 19 heavy (non-hydrogen) atoms. The molecule has 3 N–H and O–H groups in total. The molecule has 2 unspecified atom stereocenters. The smallest absolute Gasteiger partial charge is 0.344 e. The number of benzene rings is 1. The molecule has 0 fully saturated rings. The fourth-order valence-corrected chi connectivity index (χ4v) is 1.75. The van der Waals surface area contributed by atoms with Gasteiger partial charge < -0.3 is 20.3 Å². The van der Waals surface area contributed by atoms with E-state index in [2.05, 4.69) is 0 Å². The van der Waals surface area contributed by atoms with Crippen molar-refractivity contribution in [1.29, 1.82) is 0 Å². The molecule has 0 spiro atoms. The Balaban J connectivity index is 3.02. The second kappa shape index (κ2) is 6.99. The van der Waals surface area contributed by atoms with Crippen molar-refractivity contribution in [3.8, 4) is 11.5 Å². The van der Waals surface area contributed by atoms with E-state index in [-0.39, 0.29) is 6.04 Å². The van der Waals surface area contributed by atoms with Crippen molar-refractivity contribution in [1.82, 2.24) is 0 Å². The van der Waals surface area contributed by atoms with Gasteiger partial charge in [-0.1, -0.05) is 13.0 Å². The number of carbonyl (C=O) groups is 1. The normalized spacial score (nSPS) is 13.7. The molecule has 5 nitrogen and oxygen atoms in total. The molecule has 1 rings (SSSR count). The van der Waals surface area contributed by atoms with Gasteiger partial charge in [0.05, 0.1) is 7.11 Å². The molecule has 0 aliphatic heterocycles. The molecule has 0 bridgehead atoms. The summed E-state index contributed by atoms with van der Waals surface area (Å²) in [7, 11) is 1.55. The lowest BCUT2D eigenvalue weighted by molar-refractivity contribution is -0.145. The van der Waals surface area contributed by atoms with Crippen molar-refractivity contribution >= 4 is 5.97 Å². The van der Waals surface area contributed by atoms with Crippen molar-refractivity contribution in [2.45, 2.75) is 38.8 Å². The Hall–Kier alpha value is -1.75. The number of carboxylic acids is 1. The van der Waals surface area contributed by atoms with Crippen LogP contribution in [0.15, 0.2) is 18.2 Å². The minimum atomic E-state index is -0.975. The molecule has 0 saturated heterocycles. The van der Waals surface area contributed by atoms with Crippen LogP contribution in [0, 0.1) is 0 Å². The maximum atomic E-state index is 11.0. The lowest BCUT2D eigenvalue weighted by Gasteiger charge is -2.18. The first-order valence-electron chi connectivity index (χ1n) is 6.29. The van der Waals surface area contributed by atoms with E-state index in [1.54, 1.807) is 20.1 Å². The summed E-state index contributed by atoms with van der Waals surface area (Å²) >= 11 is 0. The number of aliphatic carboxylic acids is 1. The van der Waals surface area contributed by atoms with Crippen LogP contribution >= 0.6 is 0 Å². The average molecular weight is 267 g/mol. The molecule has 0 heterocycles. The van der Waals surface area contributed by atoms with E-state index < -0.39 is 12.1 Å². The maximum Gasteiger partial charge on any atom is 0.344 e. The zero-order chi connectivity index (χ0) is 14.4. The molecule has 5 heteroatoms. The van der Waals surface area contributed by atoms with E-state index in [0.717, 1.165) is 5.56 Å². The van der Waals surface area contributed by atoms with Crippen LogP contribution < -0.4 is 15.2 Å². The van der Waals surface area contributed by atoms with Crippen LogP contribution in [0.5, 0.6) is 11.5 Å². The van der Waals surface area contributed by atoms with Crippen molar-refractivity contribution < 1.29 is 19.4 Å². The van der Waals surface area contributed by atoms with E-state index >= 15 is 0 Å². The van der Waals surface area contributed by atoms with Crippen LogP contribution in [-0.4, -0.2) is 30.3 Å². The monoisotopic (exact) mass is 267 g/mol. The van der Waals surface area contributed by atoms with Gasteiger partial charge >= 0.3 is 5.97 Å². The van der Waals surface area contributed by atoms with Crippen LogP contribution in [0.3, 0.4) is 0 Å². The number of methoxy groups -OCH3 is 1. The Morgan fingerprint density at radius 1 is 1.47 bits per heavy atom. The highest BCUT2D eigenvalue weighted by molar-refractivity contribution is 5.72. The predicted molar refractivity (Wildman–Crippen MR) is 72.7 cm³/mol. The Kier molecular flexibility index (Phi) is 5.63. The fraction of sp³-hybridized carbons (Fsp3) is 0.500. The first kappa shape index (κ1) is 15.3. The predicted octanol–water partition coefficient (Wildman–Crippen LogP) is 1.83. The topological polar surface area (TPSA) is 81.8 Å². The van der Waals surface area contributed by atoms with Gasteiger partial charge in [0.2, 0.25) is 0 Å². The average Bonchev–Trinajstić information content (AvgIpc) is 2.36. The van der Waals surface area contributed by atoms with E-state index in [0.29, 0.717) is 24.3 Å². The summed E-state index contributed by atoms with van der Waals surface area (Å²) < 4.78 is 10.7. The Morgan fingerprint density at radius 3 is 2.63 bits per heavy atom. The Labute approximate surface area is 113 Å². The van der Waals surface area contributed by atoms with Crippen molar-refractivity contribution in [3.05, 3.63) is 23.8 Å². The zero-order valence-corrected chi connectivity index (χ0v) is 11.6. The quantitative estimate of drug-likeness (QED) is 0.787. The van der Waals surface area contributed by atoms with E-state index in [9.17, 15) is 4.79 Å². The van der Waals surface area contributed by atoms with E-state index in [1.165, 1.54) is 0 Å². The summed E-state index contributed by atoms with van der Waals surface area (Å²) in [6.07, 6.45) is 0.151. The molecule has 2 atom stereocenters. The molecule has 0 aliphatic rings. The maximum absolute atomic E-state index is 11.0. The second-order valence-corrected chi connectivity index (χ2v) is 4.51. The van der Waals surface area contributed by atoms with Gasteiger partial charge in [-0.25, -0.2) is 4.79 Å². The van der Waals surface area contributed by atoms with Crippen LogP contribution in [0.25, 0.3) is 0 Å². The van der Waals surface area contributed by atoms with Crippen LogP contribution in [0.1, 0.15) is 25.8 Å². The number of rotatable bonds is 7. The summed E-state index contributed by atoms with van der Waals surface area (Å²) in [5.41, 5.74) is 6.67. The fourth-order valence-electron chi connectivity index (χ4n) is 1.75. The molecule has 1 aromatic rings. The third-order valence-electron chi connectivity index (χ3n) is 2.73. The molecule has 0 aromatic heterocycles. The number of ether oxygens (including phenoxy) is 2. The van der Waals surface area contributed by atoms with Gasteiger partial charge in [0.15, 0.2) is 6.10 Å². The molecular weight excluding hydrogens is 246 g/mol. The minimum absolute atomic E-state index is 0.0272. The molecule has 0 aliphatic carbocycles. The summed E-state index contributed by atoms with van der Waals surface area (Å²) in [6, 6.07) is 5.34. The number of nitrogens with two attached hydrogens (primary N) is 1. The van der Waals surface area contributed by atoms with Gasteiger partial charge in [0.25, 0.3) is 0 Å². The summed E-state index contributed by atoms with van der Waals surface area (Å²) in [6.45, 7) is 3.66. The molecule has 0 amide bonds. The van der Waals surface area contributed by atoms with Gasteiger partial charge in [0.1, 0.15) is 11.5 Å². The first-order chi connectivity index (χ1) is 8.97. The van der Waals surface area contributed by atoms with E-state index in [4.69, 9.17) is 20.3 Å². The van der Waals surface area contributed by atoms with Crippen molar-refractivity contribution in [3.63, 3.8) is 0 Å². The van der Waals surface area contributed by atoms with Gasteiger partial charge in [-0.15, -0.1) is 0 Å². The number of carboxylic acid groups (broad SMARTS) is 1. The van der Waals surface area contributed by atoms with Crippen LogP contribution in [0.2, 0.25) is 0 Å². The number of hydrogen-bond acceptors (Lipinski definition) is 4. The number of hydrogen-bond donors (Lipinski definition) is 2. The lowest BCUT2D eigenvalue weighted by Crippen LogP contribution is -2.27. The first-order valence-corrected chi connectivity index (χ1v) is 6.29. The van der Waals surface area contributed by atoms with Gasteiger partial charge in [-0.3, -0.25) is 0 Å². The SMILES string of the molecule is CCC(Oc1cc(OC)ccc1CC(C)N)C(=O)O. The van der Waals surface area contributed by atoms with Crippen LogP contribution in [-0.2, 0) is 11.2 Å². The van der Waals surface area contributed by atoms with E-state index in [1.807, 2.05) is 19.1 Å². The second-order valence-electron chi connectivity index (χ2n) is 4.51. The molecule has 106 valence electrons. The van der Waals surface area contributed by atoms with Crippen molar-refractivity contribution in [2.24, 2.45) is 5.73 Å². The third-order valence-corrected chi connectivity index (χ3v) is 2.73. The van der Waals surface area contributed by atoms with Gasteiger partial charge in [-0.2, -0.15) is 0 Å². The van der Waals surface area contributed by atoms with Crippen LogP contribution in [0.4, 0.5) is 0 Å². The summed E-state index contributed by atoms with van der Waals surface area (Å²) in [5, 5.41) is 9.05. The summed E-state index contributed by atoms with van der Waals surface area (Å²) in [5.74, 6) is 0.173. The third kappa shape index (κ3) is 4.44. The standard InChI is InChI=1S/C14H21NO4/c1-4-12(14(16)17)19-13-8-11(18-3)6-5-10(13)7-9(2)15/h5-6,8-9,12H,4,7,15H2,1-3H3,(H,16,17). The highest BCUT2D eigenvalue weighted by atomic mass is 16.5. The zero-order valence-electron chi connectivity index (χ0n) is 11.6. The van der Waals surface area contributed by atoms with Crippen molar-refractivity contribution in [2.75, 3.05) is 7.11 Å². The highest BCUT2D eigenvalue weighted by Crippen LogP contribution is 2.27. The molecule has 0 radical (unpaired) electrons. The lowest BCUT2D eigenvalue weighted by atomic mass is 10.1. The molecule has 0 saturated carbocycles. The van der Waals surface area contributed by atoms with Gasteiger partial charge in [0, 0.05) is 12.1 Å². The Bertz CT molecular complexity index is 431. The van der Waals surface area contributed by atoms with Gasteiger partial charge in [-0.05, 0) is 31.4 Å². The highest BCUT2D eigenvalue weighted by Gasteiger charge is 2.19. The molecule has 1 aromatic carbocycles.